The minimum atomic E-state index is -0.279. The zero-order chi connectivity index (χ0) is 13.9. The molecule has 20 heavy (non-hydrogen) atoms. The molecule has 1 saturated carbocycles. The van der Waals surface area contributed by atoms with Crippen molar-refractivity contribution in [3.63, 3.8) is 0 Å². The number of ether oxygens (including phenoxy) is 1. The Hall–Kier alpha value is -1.95. The molecule has 0 spiro atoms. The first-order chi connectivity index (χ1) is 9.76. The lowest BCUT2D eigenvalue weighted by Gasteiger charge is -2.09. The van der Waals surface area contributed by atoms with E-state index >= 15 is 0 Å². The summed E-state index contributed by atoms with van der Waals surface area (Å²) in [6.07, 6.45) is 2.24. The number of rotatable bonds is 6. The van der Waals surface area contributed by atoms with E-state index in [2.05, 4.69) is 15.5 Å². The third kappa shape index (κ3) is 2.96. The lowest BCUT2D eigenvalue weighted by Crippen LogP contribution is -2.08. The molecular formula is C14H16FN3O2. The summed E-state index contributed by atoms with van der Waals surface area (Å²) in [6, 6.07) is 4.45. The molecule has 0 unspecified atom stereocenters. The highest BCUT2D eigenvalue weighted by atomic mass is 19.1. The van der Waals surface area contributed by atoms with Gasteiger partial charge in [0.1, 0.15) is 11.6 Å². The average molecular weight is 277 g/mol. The minimum absolute atomic E-state index is 0.221. The normalized spacial score (nSPS) is 14.5. The quantitative estimate of drug-likeness (QED) is 0.878. The van der Waals surface area contributed by atoms with Gasteiger partial charge in [-0.1, -0.05) is 5.16 Å². The number of benzene rings is 1. The molecule has 0 bridgehead atoms. The van der Waals surface area contributed by atoms with Crippen LogP contribution in [0.1, 0.15) is 36.0 Å². The fraction of sp³-hybridized carbons (Fsp3) is 0.429. The first-order valence-electron chi connectivity index (χ1n) is 6.64. The van der Waals surface area contributed by atoms with Gasteiger partial charge in [0.05, 0.1) is 0 Å². The van der Waals surface area contributed by atoms with E-state index in [1.54, 1.807) is 13.1 Å². The van der Waals surface area contributed by atoms with Gasteiger partial charge in [-0.05, 0) is 38.1 Å². The predicted octanol–water partition coefficient (Wildman–Crippen LogP) is 2.38. The van der Waals surface area contributed by atoms with Gasteiger partial charge < -0.3 is 14.6 Å². The summed E-state index contributed by atoms with van der Waals surface area (Å²) >= 11 is 0. The van der Waals surface area contributed by atoms with Crippen molar-refractivity contribution in [2.75, 3.05) is 7.05 Å². The van der Waals surface area contributed by atoms with Gasteiger partial charge in [0.2, 0.25) is 11.7 Å². The fourth-order valence-electron chi connectivity index (χ4n) is 1.98. The third-order valence-corrected chi connectivity index (χ3v) is 3.16. The Morgan fingerprint density at radius 3 is 3.05 bits per heavy atom. The van der Waals surface area contributed by atoms with Gasteiger partial charge in [0.15, 0.2) is 6.61 Å². The molecule has 1 N–H and O–H groups in total. The maximum absolute atomic E-state index is 13.2. The number of nitrogens with one attached hydrogen (secondary N) is 1. The SMILES string of the molecule is CNCc1cc(F)ccc1OCc1noc(C2CC2)n1. The van der Waals surface area contributed by atoms with Crippen LogP contribution in [0.15, 0.2) is 22.7 Å². The van der Waals surface area contributed by atoms with Crippen LogP contribution < -0.4 is 10.1 Å². The molecule has 106 valence electrons. The number of nitrogens with zero attached hydrogens (tertiary/aromatic N) is 2. The van der Waals surface area contributed by atoms with Gasteiger partial charge in [-0.3, -0.25) is 0 Å². The molecule has 0 aliphatic heterocycles. The van der Waals surface area contributed by atoms with Crippen molar-refractivity contribution in [2.24, 2.45) is 0 Å². The fourth-order valence-corrected chi connectivity index (χ4v) is 1.98. The number of hydrogen-bond acceptors (Lipinski definition) is 5. The van der Waals surface area contributed by atoms with Gasteiger partial charge in [-0.2, -0.15) is 4.98 Å². The molecule has 6 heteroatoms. The molecule has 1 aromatic carbocycles. The lowest BCUT2D eigenvalue weighted by atomic mass is 10.2. The van der Waals surface area contributed by atoms with E-state index in [1.165, 1.54) is 12.1 Å². The van der Waals surface area contributed by atoms with Gasteiger partial charge >= 0.3 is 0 Å². The minimum Gasteiger partial charge on any atom is -0.485 e. The van der Waals surface area contributed by atoms with E-state index in [9.17, 15) is 4.39 Å². The standard InChI is InChI=1S/C14H16FN3O2/c1-16-7-10-6-11(15)4-5-12(10)19-8-13-17-14(20-18-13)9-2-3-9/h4-6,9,16H,2-3,7-8H2,1H3. The van der Waals surface area contributed by atoms with Crippen LogP contribution >= 0.6 is 0 Å². The Morgan fingerprint density at radius 2 is 2.30 bits per heavy atom. The van der Waals surface area contributed by atoms with E-state index in [4.69, 9.17) is 9.26 Å². The van der Waals surface area contributed by atoms with E-state index < -0.39 is 0 Å². The summed E-state index contributed by atoms with van der Waals surface area (Å²) < 4.78 is 24.0. The number of halogens is 1. The molecule has 1 heterocycles. The third-order valence-electron chi connectivity index (χ3n) is 3.16. The van der Waals surface area contributed by atoms with E-state index in [1.807, 2.05) is 0 Å². The van der Waals surface area contributed by atoms with Crippen molar-refractivity contribution in [2.45, 2.75) is 31.9 Å². The van der Waals surface area contributed by atoms with Crippen LogP contribution in [0.2, 0.25) is 0 Å². The van der Waals surface area contributed by atoms with Crippen molar-refractivity contribution < 1.29 is 13.7 Å². The highest BCUT2D eigenvalue weighted by Gasteiger charge is 2.29. The molecule has 3 rings (SSSR count). The van der Waals surface area contributed by atoms with E-state index in [-0.39, 0.29) is 12.4 Å². The van der Waals surface area contributed by atoms with Gasteiger partial charge in [-0.15, -0.1) is 0 Å². The molecule has 2 aromatic rings. The van der Waals surface area contributed by atoms with Crippen molar-refractivity contribution in [1.29, 1.82) is 0 Å². The lowest BCUT2D eigenvalue weighted by molar-refractivity contribution is 0.281. The van der Waals surface area contributed by atoms with Crippen molar-refractivity contribution >= 4 is 0 Å². The molecule has 1 aliphatic carbocycles. The van der Waals surface area contributed by atoms with Crippen LogP contribution in [0.5, 0.6) is 5.75 Å². The molecular weight excluding hydrogens is 261 g/mol. The second kappa shape index (κ2) is 5.58. The second-order valence-corrected chi connectivity index (χ2v) is 4.89. The molecule has 1 aliphatic rings. The van der Waals surface area contributed by atoms with Crippen LogP contribution in [-0.2, 0) is 13.2 Å². The summed E-state index contributed by atoms with van der Waals surface area (Å²) in [6.45, 7) is 0.755. The van der Waals surface area contributed by atoms with E-state index in [0.29, 0.717) is 29.9 Å². The van der Waals surface area contributed by atoms with Crippen molar-refractivity contribution in [3.05, 3.63) is 41.3 Å². The van der Waals surface area contributed by atoms with Gasteiger partial charge in [0, 0.05) is 18.0 Å². The van der Waals surface area contributed by atoms with Gasteiger partial charge in [0.25, 0.3) is 0 Å². The summed E-state index contributed by atoms with van der Waals surface area (Å²) in [4.78, 5) is 4.29. The Labute approximate surface area is 116 Å². The monoisotopic (exact) mass is 277 g/mol. The summed E-state index contributed by atoms with van der Waals surface area (Å²) in [5, 5.41) is 6.87. The highest BCUT2D eigenvalue weighted by Crippen LogP contribution is 2.38. The van der Waals surface area contributed by atoms with Gasteiger partial charge in [-0.25, -0.2) is 4.39 Å². The van der Waals surface area contributed by atoms with Crippen LogP contribution in [0.25, 0.3) is 0 Å². The van der Waals surface area contributed by atoms with Crippen molar-refractivity contribution in [1.82, 2.24) is 15.5 Å². The largest absolute Gasteiger partial charge is 0.485 e. The summed E-state index contributed by atoms with van der Waals surface area (Å²) in [5.74, 6) is 1.99. The van der Waals surface area contributed by atoms with Crippen LogP contribution in [-0.4, -0.2) is 17.2 Å². The predicted molar refractivity (Wildman–Crippen MR) is 69.8 cm³/mol. The summed E-state index contributed by atoms with van der Waals surface area (Å²) in [5.41, 5.74) is 0.762. The molecule has 1 fully saturated rings. The maximum Gasteiger partial charge on any atom is 0.229 e. The summed E-state index contributed by atoms with van der Waals surface area (Å²) in [7, 11) is 1.80. The van der Waals surface area contributed by atoms with Crippen LogP contribution in [0.3, 0.4) is 0 Å². The average Bonchev–Trinajstić information content (AvgIpc) is 3.18. The van der Waals surface area contributed by atoms with E-state index in [0.717, 1.165) is 18.4 Å². The number of hydrogen-bond donors (Lipinski definition) is 1. The first-order valence-corrected chi connectivity index (χ1v) is 6.64. The molecule has 0 saturated heterocycles. The van der Waals surface area contributed by atoms with Crippen LogP contribution in [0.4, 0.5) is 4.39 Å². The molecule has 0 atom stereocenters. The maximum atomic E-state index is 13.2. The molecule has 0 radical (unpaired) electrons. The zero-order valence-electron chi connectivity index (χ0n) is 11.2. The van der Waals surface area contributed by atoms with Crippen LogP contribution in [0, 0.1) is 5.82 Å². The Bertz CT molecular complexity index is 596. The topological polar surface area (TPSA) is 60.2 Å². The molecule has 1 aromatic heterocycles. The second-order valence-electron chi connectivity index (χ2n) is 4.89. The zero-order valence-corrected chi connectivity index (χ0v) is 11.2. The Balaban J connectivity index is 1.67. The molecule has 5 nitrogen and oxygen atoms in total. The van der Waals surface area contributed by atoms with Crippen molar-refractivity contribution in [3.8, 4) is 5.75 Å². The smallest absolute Gasteiger partial charge is 0.229 e. The first kappa shape index (κ1) is 13.1. The highest BCUT2D eigenvalue weighted by molar-refractivity contribution is 5.33. The Kier molecular flexibility index (Phi) is 3.64. The molecule has 0 amide bonds. The Morgan fingerprint density at radius 1 is 1.45 bits per heavy atom. The number of aromatic nitrogens is 2.